The van der Waals surface area contributed by atoms with Crippen LogP contribution < -0.4 is 4.74 Å². The zero-order valence-corrected chi connectivity index (χ0v) is 14.6. The molecule has 1 heterocycles. The highest BCUT2D eigenvalue weighted by Crippen LogP contribution is 2.30. The predicted octanol–water partition coefficient (Wildman–Crippen LogP) is 3.72. The lowest BCUT2D eigenvalue weighted by atomic mass is 10.1. The maximum atomic E-state index is 11.8. The van der Waals surface area contributed by atoms with Gasteiger partial charge in [-0.1, -0.05) is 37.3 Å². The fourth-order valence-corrected chi connectivity index (χ4v) is 2.72. The zero-order chi connectivity index (χ0) is 19.4. The van der Waals surface area contributed by atoms with Crippen LogP contribution in [0.4, 0.5) is 0 Å². The molecule has 1 aromatic heterocycles. The molecule has 3 rings (SSSR count). The highest BCUT2D eigenvalue weighted by atomic mass is 16.5. The molecule has 0 amide bonds. The Balaban J connectivity index is 2.18. The van der Waals surface area contributed by atoms with Crippen LogP contribution >= 0.6 is 0 Å². The van der Waals surface area contributed by atoms with Gasteiger partial charge in [-0.15, -0.1) is 0 Å². The Kier molecular flexibility index (Phi) is 5.21. The first kappa shape index (κ1) is 18.2. The number of nitrogens with zero attached hydrogens (tertiary/aromatic N) is 2. The summed E-state index contributed by atoms with van der Waals surface area (Å²) in [5.74, 6) is -2.07. The van der Waals surface area contributed by atoms with Gasteiger partial charge in [-0.05, 0) is 30.7 Å². The van der Waals surface area contributed by atoms with Crippen LogP contribution in [0.1, 0.15) is 34.2 Å². The van der Waals surface area contributed by atoms with Gasteiger partial charge < -0.3 is 14.9 Å². The summed E-state index contributed by atoms with van der Waals surface area (Å²) in [4.78, 5) is 23.4. The van der Waals surface area contributed by atoms with Crippen LogP contribution in [-0.4, -0.2) is 38.5 Å². The Morgan fingerprint density at radius 2 is 1.67 bits per heavy atom. The third-order valence-electron chi connectivity index (χ3n) is 3.90. The number of carboxylic acid groups (broad SMARTS) is 2. The number of carboxylic acids is 2. The largest absolute Gasteiger partial charge is 0.494 e. The molecule has 27 heavy (non-hydrogen) atoms. The van der Waals surface area contributed by atoms with Gasteiger partial charge in [0.2, 0.25) is 0 Å². The normalized spacial score (nSPS) is 10.6. The molecule has 0 fully saturated rings. The van der Waals surface area contributed by atoms with Crippen molar-refractivity contribution in [3.63, 3.8) is 0 Å². The van der Waals surface area contributed by atoms with Crippen molar-refractivity contribution in [2.45, 2.75) is 13.3 Å². The lowest BCUT2D eigenvalue weighted by molar-refractivity contribution is 0.0648. The van der Waals surface area contributed by atoms with Gasteiger partial charge in [0.1, 0.15) is 11.3 Å². The topological polar surface area (TPSA) is 102 Å². The second kappa shape index (κ2) is 7.74. The van der Waals surface area contributed by atoms with Crippen LogP contribution in [0.15, 0.2) is 54.6 Å². The summed E-state index contributed by atoms with van der Waals surface area (Å²) in [7, 11) is 0. The fraction of sp³-hybridized carbons (Fsp3) is 0.150. The second-order valence-corrected chi connectivity index (χ2v) is 5.80. The Morgan fingerprint density at radius 1 is 1.00 bits per heavy atom. The Labute approximate surface area is 155 Å². The molecule has 0 bridgehead atoms. The van der Waals surface area contributed by atoms with Gasteiger partial charge in [0.05, 0.1) is 18.0 Å². The van der Waals surface area contributed by atoms with Crippen molar-refractivity contribution in [1.82, 2.24) is 9.78 Å². The molecule has 0 spiro atoms. The average molecular weight is 366 g/mol. The highest BCUT2D eigenvalue weighted by molar-refractivity contribution is 6.05. The average Bonchev–Trinajstić information content (AvgIpc) is 3.09. The molecule has 0 aliphatic carbocycles. The van der Waals surface area contributed by atoms with Gasteiger partial charge in [0.15, 0.2) is 5.69 Å². The van der Waals surface area contributed by atoms with Crippen molar-refractivity contribution < 1.29 is 24.5 Å². The number of benzene rings is 2. The van der Waals surface area contributed by atoms with Crippen molar-refractivity contribution in [3.05, 3.63) is 65.9 Å². The minimum Gasteiger partial charge on any atom is -0.494 e. The molecule has 7 heteroatoms. The van der Waals surface area contributed by atoms with Gasteiger partial charge in [-0.3, -0.25) is 0 Å². The maximum absolute atomic E-state index is 11.8. The molecule has 2 N–H and O–H groups in total. The summed E-state index contributed by atoms with van der Waals surface area (Å²) in [5, 5.41) is 23.1. The summed E-state index contributed by atoms with van der Waals surface area (Å²) in [5.41, 5.74) is 0.448. The van der Waals surface area contributed by atoms with E-state index in [-0.39, 0.29) is 11.3 Å². The third-order valence-corrected chi connectivity index (χ3v) is 3.90. The first-order chi connectivity index (χ1) is 13.0. The van der Waals surface area contributed by atoms with E-state index in [9.17, 15) is 19.8 Å². The summed E-state index contributed by atoms with van der Waals surface area (Å²) < 4.78 is 6.89. The SMILES string of the molecule is CCCOc1ccc(-n2nc(C(=O)O)c(C(=O)O)c2-c2ccccc2)cc1. The van der Waals surface area contributed by atoms with Crippen LogP contribution in [0.5, 0.6) is 5.75 Å². The lowest BCUT2D eigenvalue weighted by Crippen LogP contribution is -2.07. The van der Waals surface area contributed by atoms with E-state index in [1.807, 2.05) is 6.92 Å². The molecule has 7 nitrogen and oxygen atoms in total. The van der Waals surface area contributed by atoms with E-state index in [1.165, 1.54) is 4.68 Å². The third kappa shape index (κ3) is 3.67. The van der Waals surface area contributed by atoms with Crippen molar-refractivity contribution in [2.24, 2.45) is 0 Å². The van der Waals surface area contributed by atoms with Crippen molar-refractivity contribution in [1.29, 1.82) is 0 Å². The summed E-state index contributed by atoms with van der Waals surface area (Å²) in [6.07, 6.45) is 0.878. The number of aromatic carboxylic acids is 2. The molecule has 0 aliphatic heterocycles. The second-order valence-electron chi connectivity index (χ2n) is 5.80. The number of rotatable bonds is 7. The first-order valence-corrected chi connectivity index (χ1v) is 8.41. The number of carbonyl (C=O) groups is 2. The van der Waals surface area contributed by atoms with E-state index in [1.54, 1.807) is 54.6 Å². The molecule has 0 saturated carbocycles. The molecular weight excluding hydrogens is 348 g/mol. The molecule has 138 valence electrons. The van der Waals surface area contributed by atoms with Crippen LogP contribution in [-0.2, 0) is 0 Å². The number of hydrogen-bond donors (Lipinski definition) is 2. The molecule has 0 unspecified atom stereocenters. The van der Waals surface area contributed by atoms with Crippen molar-refractivity contribution >= 4 is 11.9 Å². The maximum Gasteiger partial charge on any atom is 0.357 e. The van der Waals surface area contributed by atoms with Gasteiger partial charge in [-0.2, -0.15) is 5.10 Å². The Morgan fingerprint density at radius 3 is 2.22 bits per heavy atom. The van der Waals surface area contributed by atoms with Crippen molar-refractivity contribution in [3.8, 4) is 22.7 Å². The highest BCUT2D eigenvalue weighted by Gasteiger charge is 2.29. The lowest BCUT2D eigenvalue weighted by Gasteiger charge is -2.10. The number of ether oxygens (including phenoxy) is 1. The molecule has 3 aromatic rings. The molecule has 0 radical (unpaired) electrons. The first-order valence-electron chi connectivity index (χ1n) is 8.41. The van der Waals surface area contributed by atoms with Gasteiger partial charge in [0.25, 0.3) is 0 Å². The van der Waals surface area contributed by atoms with Crippen molar-refractivity contribution in [2.75, 3.05) is 6.61 Å². The van der Waals surface area contributed by atoms with E-state index in [0.717, 1.165) is 6.42 Å². The smallest absolute Gasteiger partial charge is 0.357 e. The Hall–Kier alpha value is -3.61. The number of aromatic nitrogens is 2. The molecule has 0 aliphatic rings. The van der Waals surface area contributed by atoms with Gasteiger partial charge in [0, 0.05) is 5.56 Å². The quantitative estimate of drug-likeness (QED) is 0.661. The minimum absolute atomic E-state index is 0.211. The molecular formula is C20H18N2O5. The van der Waals surface area contributed by atoms with E-state index < -0.39 is 17.6 Å². The summed E-state index contributed by atoms with van der Waals surface area (Å²) >= 11 is 0. The molecule has 0 atom stereocenters. The molecule has 2 aromatic carbocycles. The van der Waals surface area contributed by atoms with E-state index in [2.05, 4.69) is 5.10 Å². The van der Waals surface area contributed by atoms with Gasteiger partial charge >= 0.3 is 11.9 Å². The van der Waals surface area contributed by atoms with Gasteiger partial charge in [-0.25, -0.2) is 14.3 Å². The summed E-state index contributed by atoms with van der Waals surface area (Å²) in [6.45, 7) is 2.59. The predicted molar refractivity (Wildman–Crippen MR) is 98.7 cm³/mol. The summed E-state index contributed by atoms with van der Waals surface area (Å²) in [6, 6.07) is 15.6. The number of hydrogen-bond acceptors (Lipinski definition) is 4. The fourth-order valence-electron chi connectivity index (χ4n) is 2.72. The minimum atomic E-state index is -1.40. The molecule has 0 saturated heterocycles. The Bertz CT molecular complexity index is 962. The van der Waals surface area contributed by atoms with Crippen LogP contribution in [0.3, 0.4) is 0 Å². The van der Waals surface area contributed by atoms with E-state index >= 15 is 0 Å². The standard InChI is InChI=1S/C20H18N2O5/c1-2-12-27-15-10-8-14(9-11-15)22-18(13-6-4-3-5-7-13)16(19(23)24)17(21-22)20(25)26/h3-11H,2,12H2,1H3,(H,23,24)(H,25,26). The zero-order valence-electron chi connectivity index (χ0n) is 14.6. The van der Waals surface area contributed by atoms with Crippen LogP contribution in [0, 0.1) is 0 Å². The van der Waals surface area contributed by atoms with E-state index in [0.29, 0.717) is 23.6 Å². The van der Waals surface area contributed by atoms with Crippen LogP contribution in [0.2, 0.25) is 0 Å². The monoisotopic (exact) mass is 366 g/mol. The van der Waals surface area contributed by atoms with E-state index in [4.69, 9.17) is 4.74 Å². The van der Waals surface area contributed by atoms with Crippen LogP contribution in [0.25, 0.3) is 16.9 Å².